The number of nitrogens with zero attached hydrogens (tertiary/aromatic N) is 1. The fraction of sp³-hybridized carbons (Fsp3) is 0.667. The molecule has 0 amide bonds. The van der Waals surface area contributed by atoms with Gasteiger partial charge in [0.15, 0.2) is 0 Å². The Morgan fingerprint density at radius 3 is 2.55 bits per heavy atom. The van der Waals surface area contributed by atoms with E-state index in [1.165, 1.54) is 36.8 Å². The van der Waals surface area contributed by atoms with E-state index in [1.54, 1.807) is 0 Å². The first kappa shape index (κ1) is 15.5. The monoisotopic (exact) mass is 274 g/mol. The second kappa shape index (κ2) is 6.73. The number of benzene rings is 1. The summed E-state index contributed by atoms with van der Waals surface area (Å²) >= 11 is 0. The minimum Gasteiger partial charge on any atom is -0.310 e. The highest BCUT2D eigenvalue weighted by atomic mass is 15.0. The zero-order valence-corrected chi connectivity index (χ0v) is 13.6. The highest BCUT2D eigenvalue weighted by molar-refractivity contribution is 5.27. The zero-order chi connectivity index (χ0) is 14.6. The van der Waals surface area contributed by atoms with Crippen molar-refractivity contribution in [2.24, 2.45) is 5.41 Å². The molecule has 1 aromatic rings. The fourth-order valence-corrected chi connectivity index (χ4v) is 3.35. The molecule has 1 unspecified atom stereocenters. The van der Waals surface area contributed by atoms with E-state index in [0.29, 0.717) is 11.5 Å². The highest BCUT2D eigenvalue weighted by Gasteiger charge is 2.27. The summed E-state index contributed by atoms with van der Waals surface area (Å²) in [7, 11) is 4.27. The van der Waals surface area contributed by atoms with E-state index < -0.39 is 0 Å². The molecule has 1 atom stereocenters. The van der Waals surface area contributed by atoms with Crippen LogP contribution in [0.5, 0.6) is 0 Å². The largest absolute Gasteiger partial charge is 0.310 e. The number of hydrogen-bond acceptors (Lipinski definition) is 2. The van der Waals surface area contributed by atoms with Crippen LogP contribution >= 0.6 is 0 Å². The van der Waals surface area contributed by atoms with E-state index in [1.807, 2.05) is 0 Å². The van der Waals surface area contributed by atoms with Crippen molar-refractivity contribution in [2.75, 3.05) is 14.1 Å². The van der Waals surface area contributed by atoms with Crippen molar-refractivity contribution >= 4 is 0 Å². The Kier molecular flexibility index (Phi) is 5.22. The van der Waals surface area contributed by atoms with Gasteiger partial charge in [-0.1, -0.05) is 44.5 Å². The van der Waals surface area contributed by atoms with E-state index in [-0.39, 0.29) is 0 Å². The van der Waals surface area contributed by atoms with Crippen LogP contribution in [0.15, 0.2) is 24.3 Å². The second-order valence-electron chi connectivity index (χ2n) is 7.34. The van der Waals surface area contributed by atoms with Gasteiger partial charge in [0, 0.05) is 19.1 Å². The number of rotatable bonds is 5. The summed E-state index contributed by atoms with van der Waals surface area (Å²) in [4.78, 5) is 2.24. The van der Waals surface area contributed by atoms with Crippen molar-refractivity contribution in [1.29, 1.82) is 0 Å². The molecule has 2 nitrogen and oxygen atoms in total. The molecule has 1 fully saturated rings. The molecule has 1 N–H and O–H groups in total. The molecule has 20 heavy (non-hydrogen) atoms. The van der Waals surface area contributed by atoms with Crippen LogP contribution in [-0.2, 0) is 13.1 Å². The van der Waals surface area contributed by atoms with Crippen LogP contribution in [0.4, 0.5) is 0 Å². The molecule has 2 heteroatoms. The summed E-state index contributed by atoms with van der Waals surface area (Å²) in [6.45, 7) is 6.83. The Balaban J connectivity index is 1.93. The van der Waals surface area contributed by atoms with Crippen LogP contribution in [0.2, 0.25) is 0 Å². The summed E-state index contributed by atoms with van der Waals surface area (Å²) in [6.07, 6.45) is 5.38. The summed E-state index contributed by atoms with van der Waals surface area (Å²) in [5.41, 5.74) is 3.41. The van der Waals surface area contributed by atoms with Gasteiger partial charge in [0.2, 0.25) is 0 Å². The van der Waals surface area contributed by atoms with E-state index in [4.69, 9.17) is 0 Å². The zero-order valence-electron chi connectivity index (χ0n) is 13.6. The number of nitrogens with one attached hydrogen (secondary N) is 1. The van der Waals surface area contributed by atoms with Crippen molar-refractivity contribution < 1.29 is 0 Å². The molecule has 0 radical (unpaired) electrons. The second-order valence-corrected chi connectivity index (χ2v) is 7.34. The summed E-state index contributed by atoms with van der Waals surface area (Å²) in [5, 5.41) is 3.79. The van der Waals surface area contributed by atoms with Crippen LogP contribution in [0, 0.1) is 5.41 Å². The smallest absolute Gasteiger partial charge is 0.0230 e. The van der Waals surface area contributed by atoms with Crippen molar-refractivity contribution in [3.05, 3.63) is 35.4 Å². The molecule has 112 valence electrons. The van der Waals surface area contributed by atoms with Crippen LogP contribution in [0.3, 0.4) is 0 Å². The fourth-order valence-electron chi connectivity index (χ4n) is 3.35. The van der Waals surface area contributed by atoms with Crippen LogP contribution < -0.4 is 5.32 Å². The molecular formula is C18H30N2. The van der Waals surface area contributed by atoms with Crippen molar-refractivity contribution in [2.45, 2.75) is 58.7 Å². The predicted molar refractivity (Wildman–Crippen MR) is 86.7 cm³/mol. The van der Waals surface area contributed by atoms with Crippen LogP contribution in [0.25, 0.3) is 0 Å². The van der Waals surface area contributed by atoms with Crippen molar-refractivity contribution in [3.63, 3.8) is 0 Å². The molecule has 0 aliphatic heterocycles. The normalized spacial score (nSPS) is 22.1. The Bertz CT molecular complexity index is 423. The topological polar surface area (TPSA) is 15.3 Å². The lowest BCUT2D eigenvalue weighted by Gasteiger charge is -2.35. The van der Waals surface area contributed by atoms with E-state index in [9.17, 15) is 0 Å². The van der Waals surface area contributed by atoms with Gasteiger partial charge in [-0.05, 0) is 49.9 Å². The molecule has 1 saturated carbocycles. The maximum Gasteiger partial charge on any atom is 0.0230 e. The van der Waals surface area contributed by atoms with Gasteiger partial charge in [-0.25, -0.2) is 0 Å². The molecule has 1 aliphatic rings. The molecule has 1 aliphatic carbocycles. The quantitative estimate of drug-likeness (QED) is 0.878. The van der Waals surface area contributed by atoms with Gasteiger partial charge < -0.3 is 10.2 Å². The first-order valence-corrected chi connectivity index (χ1v) is 7.91. The van der Waals surface area contributed by atoms with Gasteiger partial charge in [-0.15, -0.1) is 0 Å². The lowest BCUT2D eigenvalue weighted by molar-refractivity contribution is 0.197. The summed E-state index contributed by atoms with van der Waals surface area (Å²) in [6, 6.07) is 9.50. The van der Waals surface area contributed by atoms with Crippen LogP contribution in [0.1, 0.15) is 50.7 Å². The third-order valence-corrected chi connectivity index (χ3v) is 4.39. The Hall–Kier alpha value is -0.860. The first-order valence-electron chi connectivity index (χ1n) is 7.91. The minimum atomic E-state index is 0.513. The van der Waals surface area contributed by atoms with Crippen LogP contribution in [-0.4, -0.2) is 25.0 Å². The Morgan fingerprint density at radius 2 is 1.90 bits per heavy atom. The molecule has 0 spiro atoms. The summed E-state index contributed by atoms with van der Waals surface area (Å²) < 4.78 is 0. The average molecular weight is 274 g/mol. The highest BCUT2D eigenvalue weighted by Crippen LogP contribution is 2.35. The van der Waals surface area contributed by atoms with E-state index >= 15 is 0 Å². The molecule has 0 heterocycles. The standard InChI is InChI=1S/C18H30N2/c1-18(2)11-7-10-17(12-18)19-13-15-8-5-6-9-16(15)14-20(3)4/h5-6,8-9,17,19H,7,10-14H2,1-4H3. The lowest BCUT2D eigenvalue weighted by Crippen LogP contribution is -2.37. The minimum absolute atomic E-state index is 0.513. The molecule has 0 bridgehead atoms. The van der Waals surface area contributed by atoms with Gasteiger partial charge in [0.1, 0.15) is 0 Å². The maximum absolute atomic E-state index is 3.79. The third kappa shape index (κ3) is 4.60. The van der Waals surface area contributed by atoms with Gasteiger partial charge in [-0.2, -0.15) is 0 Å². The Labute approximate surface area is 124 Å². The molecular weight excluding hydrogens is 244 g/mol. The SMILES string of the molecule is CN(C)Cc1ccccc1CNC1CCCC(C)(C)C1. The van der Waals surface area contributed by atoms with Crippen molar-refractivity contribution in [3.8, 4) is 0 Å². The Morgan fingerprint density at radius 1 is 1.20 bits per heavy atom. The van der Waals surface area contributed by atoms with Gasteiger partial charge in [0.25, 0.3) is 0 Å². The molecule has 2 rings (SSSR count). The molecule has 1 aromatic carbocycles. The molecule has 0 aromatic heterocycles. The van der Waals surface area contributed by atoms with Gasteiger partial charge >= 0.3 is 0 Å². The lowest BCUT2D eigenvalue weighted by atomic mass is 9.75. The predicted octanol–water partition coefficient (Wildman–Crippen LogP) is 3.81. The van der Waals surface area contributed by atoms with Gasteiger partial charge in [-0.3, -0.25) is 0 Å². The first-order chi connectivity index (χ1) is 9.46. The third-order valence-electron chi connectivity index (χ3n) is 4.39. The van der Waals surface area contributed by atoms with Gasteiger partial charge in [0.05, 0.1) is 0 Å². The summed E-state index contributed by atoms with van der Waals surface area (Å²) in [5.74, 6) is 0. The van der Waals surface area contributed by atoms with Crippen molar-refractivity contribution in [1.82, 2.24) is 10.2 Å². The molecule has 0 saturated heterocycles. The number of hydrogen-bond donors (Lipinski definition) is 1. The maximum atomic E-state index is 3.79. The van der Waals surface area contributed by atoms with E-state index in [2.05, 4.69) is 62.4 Å². The average Bonchev–Trinajstić information content (AvgIpc) is 2.36. The van der Waals surface area contributed by atoms with E-state index in [0.717, 1.165) is 13.1 Å².